The van der Waals surface area contributed by atoms with E-state index in [2.05, 4.69) is 4.74 Å². The Morgan fingerprint density at radius 3 is 2.88 bits per heavy atom. The highest BCUT2D eigenvalue weighted by molar-refractivity contribution is 5.95. The Labute approximate surface area is 93.7 Å². The summed E-state index contributed by atoms with van der Waals surface area (Å²) in [6, 6.07) is 0. The first-order chi connectivity index (χ1) is 7.56. The monoisotopic (exact) mass is 228 g/mol. The van der Waals surface area contributed by atoms with Gasteiger partial charge in [-0.05, 0) is 12.3 Å². The van der Waals surface area contributed by atoms with Crippen LogP contribution in [0.2, 0.25) is 0 Å². The Balaban J connectivity index is 2.27. The number of esters is 2. The summed E-state index contributed by atoms with van der Waals surface area (Å²) in [5, 5.41) is 9.91. The average molecular weight is 228 g/mol. The highest BCUT2D eigenvalue weighted by Crippen LogP contribution is 2.44. The highest BCUT2D eigenvalue weighted by Gasteiger charge is 2.54. The molecule has 5 heteroatoms. The lowest BCUT2D eigenvalue weighted by Crippen LogP contribution is -2.46. The van der Waals surface area contributed by atoms with Gasteiger partial charge in [-0.1, -0.05) is 6.92 Å². The number of aliphatic hydroxyl groups excluding tert-OH is 1. The fourth-order valence-electron chi connectivity index (χ4n) is 2.93. The van der Waals surface area contributed by atoms with Gasteiger partial charge in [-0.25, -0.2) is 0 Å². The second-order valence-electron chi connectivity index (χ2n) is 4.65. The van der Waals surface area contributed by atoms with Crippen molar-refractivity contribution >= 4 is 11.9 Å². The van der Waals surface area contributed by atoms with Crippen molar-refractivity contribution in [2.24, 2.45) is 23.7 Å². The van der Waals surface area contributed by atoms with Crippen molar-refractivity contribution in [2.45, 2.75) is 19.4 Å². The van der Waals surface area contributed by atoms with E-state index in [1.165, 1.54) is 7.11 Å². The molecule has 0 aromatic heterocycles. The van der Waals surface area contributed by atoms with Crippen LogP contribution in [0.1, 0.15) is 13.3 Å². The molecule has 0 radical (unpaired) electrons. The molecule has 1 aliphatic heterocycles. The molecule has 5 nitrogen and oxygen atoms in total. The summed E-state index contributed by atoms with van der Waals surface area (Å²) in [7, 11) is 1.24. The molecule has 2 aliphatic rings. The minimum atomic E-state index is -0.955. The molecule has 1 N–H and O–H groups in total. The SMILES string of the molecule is COC(=O)[C@@H]1C(=O)OC[C@H]2[C@@H]1[C@H](O)C[C@@H]2C. The van der Waals surface area contributed by atoms with Crippen molar-refractivity contribution in [3.8, 4) is 0 Å². The van der Waals surface area contributed by atoms with Crippen LogP contribution in [0, 0.1) is 23.7 Å². The molecule has 1 heterocycles. The molecule has 5 atom stereocenters. The number of hydrogen-bond donors (Lipinski definition) is 1. The van der Waals surface area contributed by atoms with Gasteiger partial charge >= 0.3 is 11.9 Å². The lowest BCUT2D eigenvalue weighted by Gasteiger charge is -2.33. The standard InChI is InChI=1S/C11H16O5/c1-5-3-7(12)8-6(5)4-16-11(14)9(8)10(13)15-2/h5-9,12H,3-4H2,1-2H3/t5-,6+,7+,8+,9+/m0/s1. The molecule has 0 aromatic carbocycles. The Kier molecular flexibility index (Phi) is 2.88. The Morgan fingerprint density at radius 1 is 1.56 bits per heavy atom. The minimum absolute atomic E-state index is 0.0665. The van der Waals surface area contributed by atoms with Gasteiger partial charge in [0.25, 0.3) is 0 Å². The number of cyclic esters (lactones) is 1. The van der Waals surface area contributed by atoms with Crippen LogP contribution in [0.5, 0.6) is 0 Å². The van der Waals surface area contributed by atoms with Crippen LogP contribution in [0.15, 0.2) is 0 Å². The molecular weight excluding hydrogens is 212 g/mol. The molecule has 1 saturated carbocycles. The van der Waals surface area contributed by atoms with Crippen molar-refractivity contribution in [1.82, 2.24) is 0 Å². The molecule has 0 aromatic rings. The van der Waals surface area contributed by atoms with Crippen LogP contribution in [-0.4, -0.2) is 36.9 Å². The molecule has 16 heavy (non-hydrogen) atoms. The molecule has 1 aliphatic carbocycles. The van der Waals surface area contributed by atoms with Crippen molar-refractivity contribution in [1.29, 1.82) is 0 Å². The molecular formula is C11H16O5. The quantitative estimate of drug-likeness (QED) is 0.504. The van der Waals surface area contributed by atoms with E-state index in [-0.39, 0.29) is 17.8 Å². The Morgan fingerprint density at radius 2 is 2.25 bits per heavy atom. The van der Waals surface area contributed by atoms with Gasteiger partial charge in [0, 0.05) is 11.8 Å². The van der Waals surface area contributed by atoms with Gasteiger partial charge in [-0.15, -0.1) is 0 Å². The van der Waals surface area contributed by atoms with Gasteiger partial charge in [-0.2, -0.15) is 0 Å². The van der Waals surface area contributed by atoms with Gasteiger partial charge in [0.15, 0.2) is 5.92 Å². The summed E-state index contributed by atoms with van der Waals surface area (Å²) in [6.07, 6.45) is -0.00335. The molecule has 0 unspecified atom stereocenters. The molecule has 90 valence electrons. The lowest BCUT2D eigenvalue weighted by atomic mass is 9.79. The number of methoxy groups -OCH3 is 1. The van der Waals surface area contributed by atoms with Crippen molar-refractivity contribution in [2.75, 3.05) is 13.7 Å². The number of ether oxygens (including phenoxy) is 2. The number of fused-ring (bicyclic) bond motifs is 1. The maximum Gasteiger partial charge on any atom is 0.320 e. The smallest absolute Gasteiger partial charge is 0.320 e. The number of aliphatic hydroxyl groups is 1. The zero-order valence-electron chi connectivity index (χ0n) is 9.38. The van der Waals surface area contributed by atoms with Crippen LogP contribution in [-0.2, 0) is 19.1 Å². The third kappa shape index (κ3) is 1.59. The molecule has 0 spiro atoms. The van der Waals surface area contributed by atoms with E-state index in [4.69, 9.17) is 4.74 Å². The van der Waals surface area contributed by atoms with Crippen LogP contribution in [0.3, 0.4) is 0 Å². The predicted molar refractivity (Wildman–Crippen MR) is 53.2 cm³/mol. The molecule has 0 bridgehead atoms. The average Bonchev–Trinajstić information content (AvgIpc) is 2.53. The number of carbonyl (C=O) groups is 2. The van der Waals surface area contributed by atoms with E-state index < -0.39 is 24.0 Å². The first kappa shape index (κ1) is 11.4. The first-order valence-electron chi connectivity index (χ1n) is 5.48. The van der Waals surface area contributed by atoms with Gasteiger partial charge in [0.1, 0.15) is 0 Å². The fraction of sp³-hybridized carbons (Fsp3) is 0.818. The predicted octanol–water partition coefficient (Wildman–Crippen LogP) is -0.0345. The first-order valence-corrected chi connectivity index (χ1v) is 5.48. The van der Waals surface area contributed by atoms with E-state index in [9.17, 15) is 14.7 Å². The van der Waals surface area contributed by atoms with Crippen LogP contribution >= 0.6 is 0 Å². The summed E-state index contributed by atoms with van der Waals surface area (Å²) < 4.78 is 9.60. The second-order valence-corrected chi connectivity index (χ2v) is 4.65. The summed E-state index contributed by atoms with van der Waals surface area (Å²) >= 11 is 0. The van der Waals surface area contributed by atoms with E-state index in [1.54, 1.807) is 0 Å². The third-order valence-electron chi connectivity index (χ3n) is 3.79. The van der Waals surface area contributed by atoms with Crippen LogP contribution < -0.4 is 0 Å². The largest absolute Gasteiger partial charge is 0.468 e. The third-order valence-corrected chi connectivity index (χ3v) is 3.79. The zero-order valence-corrected chi connectivity index (χ0v) is 9.38. The van der Waals surface area contributed by atoms with Crippen molar-refractivity contribution in [3.05, 3.63) is 0 Å². The summed E-state index contributed by atoms with van der Waals surface area (Å²) in [6.45, 7) is 2.30. The van der Waals surface area contributed by atoms with E-state index >= 15 is 0 Å². The Hall–Kier alpha value is -1.10. The number of carbonyl (C=O) groups excluding carboxylic acids is 2. The maximum atomic E-state index is 11.6. The van der Waals surface area contributed by atoms with E-state index in [0.29, 0.717) is 13.0 Å². The fourth-order valence-corrected chi connectivity index (χ4v) is 2.93. The maximum absolute atomic E-state index is 11.6. The molecule has 2 rings (SSSR count). The van der Waals surface area contributed by atoms with Gasteiger partial charge < -0.3 is 14.6 Å². The molecule has 0 amide bonds. The van der Waals surface area contributed by atoms with Crippen molar-refractivity contribution in [3.63, 3.8) is 0 Å². The summed E-state index contributed by atoms with van der Waals surface area (Å²) in [5.74, 6) is -2.14. The van der Waals surface area contributed by atoms with E-state index in [0.717, 1.165) is 0 Å². The zero-order chi connectivity index (χ0) is 11.9. The normalized spacial score (nSPS) is 42.4. The molecule has 2 fully saturated rings. The van der Waals surface area contributed by atoms with Gasteiger partial charge in [-0.3, -0.25) is 9.59 Å². The van der Waals surface area contributed by atoms with Crippen molar-refractivity contribution < 1.29 is 24.2 Å². The van der Waals surface area contributed by atoms with Crippen LogP contribution in [0.4, 0.5) is 0 Å². The van der Waals surface area contributed by atoms with Gasteiger partial charge in [0.05, 0.1) is 19.8 Å². The second kappa shape index (κ2) is 4.05. The lowest BCUT2D eigenvalue weighted by molar-refractivity contribution is -0.175. The van der Waals surface area contributed by atoms with Gasteiger partial charge in [0.2, 0.25) is 0 Å². The minimum Gasteiger partial charge on any atom is -0.468 e. The van der Waals surface area contributed by atoms with Crippen LogP contribution in [0.25, 0.3) is 0 Å². The molecule has 1 saturated heterocycles. The summed E-state index contributed by atoms with van der Waals surface area (Å²) in [4.78, 5) is 23.1. The number of rotatable bonds is 1. The van der Waals surface area contributed by atoms with E-state index in [1.807, 2.05) is 6.92 Å². The summed E-state index contributed by atoms with van der Waals surface area (Å²) in [5.41, 5.74) is 0. The highest BCUT2D eigenvalue weighted by atomic mass is 16.6. The topological polar surface area (TPSA) is 72.8 Å². The number of hydrogen-bond acceptors (Lipinski definition) is 5. The Bertz CT molecular complexity index is 305.